The van der Waals surface area contributed by atoms with Gasteiger partial charge in [0.15, 0.2) is 11.6 Å². The number of aromatic nitrogens is 7. The topological polar surface area (TPSA) is 146 Å². The molecule has 1 aliphatic heterocycles. The van der Waals surface area contributed by atoms with E-state index in [0.29, 0.717) is 52.0 Å². The molecule has 1 aromatic carbocycles. The Morgan fingerprint density at radius 3 is 2.75 bits per heavy atom. The molecule has 2 N–H and O–H groups in total. The summed E-state index contributed by atoms with van der Waals surface area (Å²) in [7, 11) is 1.57. The number of nitriles is 1. The van der Waals surface area contributed by atoms with E-state index >= 15 is 0 Å². The van der Waals surface area contributed by atoms with Crippen LogP contribution in [0.5, 0.6) is 5.75 Å². The smallest absolute Gasteiger partial charge is 0.254 e. The molecule has 6 aromatic rings. The van der Waals surface area contributed by atoms with Gasteiger partial charge in [0.25, 0.3) is 5.91 Å². The number of hydrogen-bond acceptors (Lipinski definition) is 8. The Balaban J connectivity index is 1.27. The maximum absolute atomic E-state index is 14.4. The van der Waals surface area contributed by atoms with E-state index in [4.69, 9.17) is 20.4 Å². The van der Waals surface area contributed by atoms with E-state index in [-0.39, 0.29) is 25.4 Å². The Kier molecular flexibility index (Phi) is 7.37. The van der Waals surface area contributed by atoms with E-state index in [1.54, 1.807) is 48.5 Å². The normalized spacial score (nSPS) is 18.0. The summed E-state index contributed by atoms with van der Waals surface area (Å²) in [5.41, 5.74) is 10.9. The van der Waals surface area contributed by atoms with Crippen LogP contribution < -0.4 is 10.5 Å². The maximum Gasteiger partial charge on any atom is 0.254 e. The van der Waals surface area contributed by atoms with Gasteiger partial charge >= 0.3 is 0 Å². The van der Waals surface area contributed by atoms with Crippen LogP contribution in [0.3, 0.4) is 0 Å². The molecule has 13 heteroatoms. The molecule has 1 aliphatic carbocycles. The minimum atomic E-state index is -1.17. The summed E-state index contributed by atoms with van der Waals surface area (Å²) in [4.78, 5) is 29.4. The molecule has 242 valence electrons. The van der Waals surface area contributed by atoms with Gasteiger partial charge in [0.1, 0.15) is 29.2 Å². The third-order valence-corrected chi connectivity index (χ3v) is 9.10. The first-order valence-corrected chi connectivity index (χ1v) is 16.0. The molecule has 0 spiro atoms. The van der Waals surface area contributed by atoms with Crippen molar-refractivity contribution in [2.45, 2.75) is 44.6 Å². The lowest BCUT2D eigenvalue weighted by molar-refractivity contribution is 0.0606. The fraction of sp³-hybridized carbons (Fsp3) is 0.314. The molecule has 5 aromatic heterocycles. The number of amides is 1. The molecule has 1 amide bonds. The first-order chi connectivity index (χ1) is 23.4. The van der Waals surface area contributed by atoms with Crippen molar-refractivity contribution in [2.75, 3.05) is 20.2 Å². The van der Waals surface area contributed by atoms with E-state index in [1.807, 2.05) is 12.3 Å². The second kappa shape index (κ2) is 11.9. The highest BCUT2D eigenvalue weighted by Crippen LogP contribution is 2.38. The summed E-state index contributed by atoms with van der Waals surface area (Å²) in [6.07, 6.45) is 8.39. The molecular weight excluding hydrogens is 611 g/mol. The number of methoxy groups -OCH3 is 1. The predicted molar refractivity (Wildman–Crippen MR) is 176 cm³/mol. The van der Waals surface area contributed by atoms with Crippen molar-refractivity contribution in [3.63, 3.8) is 0 Å². The Morgan fingerprint density at radius 1 is 1.12 bits per heavy atom. The molecule has 0 unspecified atom stereocenters. The van der Waals surface area contributed by atoms with Crippen molar-refractivity contribution in [3.05, 3.63) is 83.9 Å². The summed E-state index contributed by atoms with van der Waals surface area (Å²) >= 11 is 0. The fourth-order valence-electron chi connectivity index (χ4n) is 6.63. The summed E-state index contributed by atoms with van der Waals surface area (Å²) < 4.78 is 26.3. The highest BCUT2D eigenvalue weighted by atomic mass is 19.1. The summed E-state index contributed by atoms with van der Waals surface area (Å²) in [5.74, 6) is 2.01. The molecular formula is C35H33FN10O2. The Morgan fingerprint density at radius 2 is 2.00 bits per heavy atom. The highest BCUT2D eigenvalue weighted by molar-refractivity contribution is 6.00. The summed E-state index contributed by atoms with van der Waals surface area (Å²) in [6.45, 7) is 1.49. The first kappa shape index (κ1) is 29.8. The summed E-state index contributed by atoms with van der Waals surface area (Å²) in [6, 6.07) is 14.7. The number of pyridine rings is 2. The van der Waals surface area contributed by atoms with Crippen molar-refractivity contribution in [1.29, 1.82) is 5.26 Å². The van der Waals surface area contributed by atoms with Gasteiger partial charge in [-0.1, -0.05) is 0 Å². The molecule has 0 radical (unpaired) electrons. The molecule has 2 aliphatic rings. The van der Waals surface area contributed by atoms with Crippen LogP contribution in [-0.4, -0.2) is 77.1 Å². The number of piperidine rings is 1. The molecule has 12 nitrogen and oxygen atoms in total. The number of alkyl halides is 1. The number of fused-ring (bicyclic) bond motifs is 2. The number of benzene rings is 1. The lowest BCUT2D eigenvalue weighted by Crippen LogP contribution is -2.50. The van der Waals surface area contributed by atoms with Crippen LogP contribution in [-0.2, 0) is 13.1 Å². The predicted octanol–water partition coefficient (Wildman–Crippen LogP) is 4.48. The van der Waals surface area contributed by atoms with E-state index in [9.17, 15) is 14.4 Å². The van der Waals surface area contributed by atoms with Crippen LogP contribution in [0.25, 0.3) is 39.4 Å². The van der Waals surface area contributed by atoms with Gasteiger partial charge in [-0.05, 0) is 67.6 Å². The molecule has 8 rings (SSSR count). The minimum absolute atomic E-state index is 0.00106. The van der Waals surface area contributed by atoms with Crippen LogP contribution in [0.4, 0.5) is 4.39 Å². The number of likely N-dealkylation sites (tertiary alicyclic amines) is 1. The van der Waals surface area contributed by atoms with Crippen molar-refractivity contribution >= 4 is 28.0 Å². The molecule has 1 saturated carbocycles. The van der Waals surface area contributed by atoms with E-state index in [2.05, 4.69) is 37.4 Å². The number of ether oxygens (including phenoxy) is 1. The monoisotopic (exact) mass is 644 g/mol. The average molecular weight is 645 g/mol. The molecule has 48 heavy (non-hydrogen) atoms. The molecule has 2 atom stereocenters. The van der Waals surface area contributed by atoms with Crippen molar-refractivity contribution < 1.29 is 13.9 Å². The first-order valence-electron chi connectivity index (χ1n) is 16.0. The number of rotatable bonds is 8. The number of carbonyl (C=O) groups excluding carboxylic acids is 1. The number of halogens is 1. The quantitative estimate of drug-likeness (QED) is 0.255. The Labute approximate surface area is 275 Å². The third-order valence-electron chi connectivity index (χ3n) is 9.10. The second-order valence-corrected chi connectivity index (χ2v) is 12.7. The van der Waals surface area contributed by atoms with Gasteiger partial charge in [0, 0.05) is 54.2 Å². The van der Waals surface area contributed by atoms with Gasteiger partial charge in [0.05, 0.1) is 43.2 Å². The van der Waals surface area contributed by atoms with E-state index < -0.39 is 12.2 Å². The number of hydrogen-bond donors (Lipinski definition) is 1. The number of imidazole rings is 1. The van der Waals surface area contributed by atoms with Gasteiger partial charge in [-0.3, -0.25) is 4.79 Å². The second-order valence-electron chi connectivity index (χ2n) is 12.7. The van der Waals surface area contributed by atoms with Crippen LogP contribution in [0.2, 0.25) is 0 Å². The van der Waals surface area contributed by atoms with Crippen molar-refractivity contribution in [3.8, 4) is 29.2 Å². The average Bonchev–Trinajstić information content (AvgIpc) is 3.50. The molecule has 1 saturated heterocycles. The highest BCUT2D eigenvalue weighted by Gasteiger charge is 2.31. The molecule has 2 fully saturated rings. The summed E-state index contributed by atoms with van der Waals surface area (Å²) in [5, 5.41) is 14.7. The van der Waals surface area contributed by atoms with E-state index in [1.165, 1.54) is 23.9 Å². The fourth-order valence-corrected chi connectivity index (χ4v) is 6.63. The standard InChI is InChI=1S/C35H33FN10O2/c1-48-30-11-25(35(47)43-19-26(36)12-27(38)20-43)9-28-32(30)45(17-23-15-41-46(18-23)31-7-6-22(13-37)14-40-31)34(42-28)29-10-24-3-2-8-39-33(24)44(29)16-21-4-5-21/h2-3,6-11,14-15,18,21,26-27H,4-5,12,16-17,19-20,38H2,1H3/t26-,27-/m1/s1. The SMILES string of the molecule is COc1cc(C(=O)N2C[C@H](N)C[C@@H](F)C2)cc2nc(-c3cc4cccnc4n3CC3CC3)n(Cc3cnn(-c4ccc(C#N)cn4)c3)c12. The van der Waals surface area contributed by atoms with Gasteiger partial charge in [-0.25, -0.2) is 24.0 Å². The van der Waals surface area contributed by atoms with Crippen LogP contribution >= 0.6 is 0 Å². The van der Waals surface area contributed by atoms with Crippen molar-refractivity contribution in [2.24, 2.45) is 11.7 Å². The lowest BCUT2D eigenvalue weighted by Gasteiger charge is -2.33. The van der Waals surface area contributed by atoms with Crippen LogP contribution in [0.15, 0.2) is 67.3 Å². The number of nitrogens with zero attached hydrogens (tertiary/aromatic N) is 9. The zero-order chi connectivity index (χ0) is 32.9. The number of carbonyl (C=O) groups is 1. The molecule has 6 heterocycles. The van der Waals surface area contributed by atoms with Gasteiger partial charge < -0.3 is 24.5 Å². The van der Waals surface area contributed by atoms with Gasteiger partial charge in [-0.15, -0.1) is 0 Å². The van der Waals surface area contributed by atoms with E-state index in [0.717, 1.165) is 28.8 Å². The van der Waals surface area contributed by atoms with Gasteiger partial charge in [-0.2, -0.15) is 10.4 Å². The van der Waals surface area contributed by atoms with Crippen LogP contribution in [0, 0.1) is 17.2 Å². The maximum atomic E-state index is 14.4. The number of nitrogens with two attached hydrogens (primary N) is 1. The largest absolute Gasteiger partial charge is 0.494 e. The third kappa shape index (κ3) is 5.43. The van der Waals surface area contributed by atoms with Crippen LogP contribution in [0.1, 0.15) is 40.7 Å². The zero-order valence-corrected chi connectivity index (χ0v) is 26.3. The zero-order valence-electron chi connectivity index (χ0n) is 26.3. The molecule has 0 bridgehead atoms. The Bertz CT molecular complexity index is 2200. The lowest BCUT2D eigenvalue weighted by atomic mass is 10.0. The minimum Gasteiger partial charge on any atom is -0.494 e. The Hall–Kier alpha value is -5.61. The van der Waals surface area contributed by atoms with Gasteiger partial charge in [0.2, 0.25) is 0 Å². The van der Waals surface area contributed by atoms with Crippen molar-refractivity contribution in [1.82, 2.24) is 38.8 Å².